The number of aliphatic imine (C=N–C) groups is 1. The van der Waals surface area contributed by atoms with E-state index in [-0.39, 0.29) is 16.8 Å². The Morgan fingerprint density at radius 3 is 2.58 bits per heavy atom. The molecule has 0 spiro atoms. The SMILES string of the molecule is CC(C)(C)CN=CC(=CN)c1ccc(C#N)nc1-c1ccn2cc(C(F)(F)F)nc2c1. The van der Waals surface area contributed by atoms with Gasteiger partial charge in [0.25, 0.3) is 0 Å². The molecule has 0 saturated heterocycles. The second-order valence-corrected chi connectivity index (χ2v) is 8.16. The molecule has 3 aromatic rings. The molecule has 0 fully saturated rings. The molecule has 3 rings (SSSR count). The largest absolute Gasteiger partial charge is 0.434 e. The molecule has 0 radical (unpaired) electrons. The van der Waals surface area contributed by atoms with Gasteiger partial charge in [0.1, 0.15) is 17.4 Å². The van der Waals surface area contributed by atoms with Crippen LogP contribution in [0.1, 0.15) is 37.7 Å². The fourth-order valence-electron chi connectivity index (χ4n) is 2.86. The zero-order chi connectivity index (χ0) is 22.8. The second kappa shape index (κ2) is 8.22. The summed E-state index contributed by atoms with van der Waals surface area (Å²) in [4.78, 5) is 12.5. The van der Waals surface area contributed by atoms with Crippen LogP contribution in [0.5, 0.6) is 0 Å². The number of aromatic nitrogens is 3. The van der Waals surface area contributed by atoms with Gasteiger partial charge in [-0.3, -0.25) is 4.99 Å². The normalized spacial score (nSPS) is 13.1. The van der Waals surface area contributed by atoms with Crippen molar-refractivity contribution < 1.29 is 13.2 Å². The lowest BCUT2D eigenvalue weighted by Crippen LogP contribution is -2.09. The van der Waals surface area contributed by atoms with Crippen LogP contribution in [0.4, 0.5) is 13.2 Å². The third-order valence-electron chi connectivity index (χ3n) is 4.32. The maximum absolute atomic E-state index is 13.0. The molecule has 0 aliphatic carbocycles. The van der Waals surface area contributed by atoms with Gasteiger partial charge in [-0.2, -0.15) is 18.4 Å². The third-order valence-corrected chi connectivity index (χ3v) is 4.32. The van der Waals surface area contributed by atoms with E-state index in [2.05, 4.69) is 35.7 Å². The summed E-state index contributed by atoms with van der Waals surface area (Å²) in [6, 6.07) is 8.33. The Morgan fingerprint density at radius 2 is 1.97 bits per heavy atom. The van der Waals surface area contributed by atoms with Crippen molar-refractivity contribution in [2.75, 3.05) is 6.54 Å². The van der Waals surface area contributed by atoms with Gasteiger partial charge in [0.05, 0.1) is 5.69 Å². The van der Waals surface area contributed by atoms with Crippen LogP contribution >= 0.6 is 0 Å². The zero-order valence-corrected chi connectivity index (χ0v) is 17.3. The maximum atomic E-state index is 13.0. The van der Waals surface area contributed by atoms with Crippen LogP contribution < -0.4 is 5.73 Å². The predicted molar refractivity (Wildman–Crippen MR) is 113 cm³/mol. The molecule has 9 heteroatoms. The van der Waals surface area contributed by atoms with Gasteiger partial charge in [0, 0.05) is 48.1 Å². The highest BCUT2D eigenvalue weighted by atomic mass is 19.4. The lowest BCUT2D eigenvalue weighted by molar-refractivity contribution is -0.140. The Kier molecular flexibility index (Phi) is 5.84. The van der Waals surface area contributed by atoms with E-state index >= 15 is 0 Å². The van der Waals surface area contributed by atoms with Gasteiger partial charge in [0.15, 0.2) is 5.69 Å². The standard InChI is InChI=1S/C22H21F3N6/c1-21(2,3)13-28-11-15(9-26)17-5-4-16(10-27)29-20(17)14-6-7-31-12-18(22(23,24)25)30-19(31)8-14/h4-9,11-12H,13,26H2,1-3H3. The predicted octanol–water partition coefficient (Wildman–Crippen LogP) is 4.70. The van der Waals surface area contributed by atoms with Crippen molar-refractivity contribution in [1.29, 1.82) is 5.26 Å². The Labute approximate surface area is 177 Å². The number of imidazole rings is 1. The summed E-state index contributed by atoms with van der Waals surface area (Å²) in [6.45, 7) is 6.74. The minimum absolute atomic E-state index is 0.0101. The molecule has 0 unspecified atom stereocenters. The number of pyridine rings is 2. The van der Waals surface area contributed by atoms with E-state index in [4.69, 9.17) is 5.73 Å². The Hall–Kier alpha value is -3.67. The van der Waals surface area contributed by atoms with Crippen LogP contribution in [-0.2, 0) is 6.18 Å². The molecule has 0 aliphatic heterocycles. The maximum Gasteiger partial charge on any atom is 0.434 e. The minimum atomic E-state index is -4.55. The molecule has 3 heterocycles. The summed E-state index contributed by atoms with van der Waals surface area (Å²) in [5, 5.41) is 9.27. The van der Waals surface area contributed by atoms with E-state index in [0.717, 1.165) is 6.20 Å². The van der Waals surface area contributed by atoms with Crippen LogP contribution in [0.15, 0.2) is 47.9 Å². The number of alkyl halides is 3. The van der Waals surface area contributed by atoms with Crippen molar-refractivity contribution in [3.8, 4) is 17.3 Å². The highest BCUT2D eigenvalue weighted by Gasteiger charge is 2.33. The fourth-order valence-corrected chi connectivity index (χ4v) is 2.86. The van der Waals surface area contributed by atoms with E-state index < -0.39 is 11.9 Å². The summed E-state index contributed by atoms with van der Waals surface area (Å²) < 4.78 is 40.3. The van der Waals surface area contributed by atoms with E-state index in [1.807, 2.05) is 6.07 Å². The van der Waals surface area contributed by atoms with Gasteiger partial charge >= 0.3 is 6.18 Å². The summed E-state index contributed by atoms with van der Waals surface area (Å²) in [5.74, 6) is 0. The van der Waals surface area contributed by atoms with Crippen LogP contribution in [0.3, 0.4) is 0 Å². The van der Waals surface area contributed by atoms with Crippen LogP contribution in [0.2, 0.25) is 0 Å². The van der Waals surface area contributed by atoms with Crippen molar-refractivity contribution in [1.82, 2.24) is 14.4 Å². The van der Waals surface area contributed by atoms with E-state index in [0.29, 0.717) is 28.9 Å². The summed E-state index contributed by atoms with van der Waals surface area (Å²) in [5.41, 5.74) is 7.19. The number of nitrogens with zero attached hydrogens (tertiary/aromatic N) is 5. The van der Waals surface area contributed by atoms with Crippen molar-refractivity contribution in [2.45, 2.75) is 26.9 Å². The molecule has 0 aliphatic rings. The average Bonchev–Trinajstić information content (AvgIpc) is 3.14. The molecule has 31 heavy (non-hydrogen) atoms. The van der Waals surface area contributed by atoms with E-state index in [1.54, 1.807) is 24.4 Å². The second-order valence-electron chi connectivity index (χ2n) is 8.16. The van der Waals surface area contributed by atoms with Crippen LogP contribution in [0, 0.1) is 16.7 Å². The molecule has 0 atom stereocenters. The summed E-state index contributed by atoms with van der Waals surface area (Å²) >= 11 is 0. The Bertz CT molecular complexity index is 1210. The van der Waals surface area contributed by atoms with Gasteiger partial charge in [-0.1, -0.05) is 20.8 Å². The lowest BCUT2D eigenvalue weighted by Gasteiger charge is -2.14. The summed E-state index contributed by atoms with van der Waals surface area (Å²) in [7, 11) is 0. The molecule has 0 saturated carbocycles. The van der Waals surface area contributed by atoms with E-state index in [9.17, 15) is 18.4 Å². The van der Waals surface area contributed by atoms with Crippen LogP contribution in [0.25, 0.3) is 22.5 Å². The summed E-state index contributed by atoms with van der Waals surface area (Å²) in [6.07, 6.45) is 0.859. The Morgan fingerprint density at radius 1 is 1.23 bits per heavy atom. The molecular formula is C22H21F3N6. The molecule has 6 nitrogen and oxygen atoms in total. The number of hydrogen-bond acceptors (Lipinski definition) is 5. The van der Waals surface area contributed by atoms with Gasteiger partial charge in [-0.25, -0.2) is 9.97 Å². The molecular weight excluding hydrogens is 405 g/mol. The first-order chi connectivity index (χ1) is 14.5. The van der Waals surface area contributed by atoms with Crippen molar-refractivity contribution in [3.05, 3.63) is 59.8 Å². The molecule has 2 N–H and O–H groups in total. The first kappa shape index (κ1) is 22.0. The van der Waals surface area contributed by atoms with Crippen molar-refractivity contribution in [2.24, 2.45) is 16.1 Å². The number of fused-ring (bicyclic) bond motifs is 1. The average molecular weight is 426 g/mol. The van der Waals surface area contributed by atoms with Crippen LogP contribution in [-0.4, -0.2) is 27.1 Å². The highest BCUT2D eigenvalue weighted by Crippen LogP contribution is 2.31. The highest BCUT2D eigenvalue weighted by molar-refractivity contribution is 6.11. The molecule has 0 bridgehead atoms. The topological polar surface area (TPSA) is 92.4 Å². The molecule has 160 valence electrons. The number of rotatable bonds is 4. The number of nitrogens with two attached hydrogens (primary N) is 1. The smallest absolute Gasteiger partial charge is 0.404 e. The van der Waals surface area contributed by atoms with Gasteiger partial charge in [-0.05, 0) is 29.7 Å². The number of nitriles is 1. The Balaban J connectivity index is 2.11. The van der Waals surface area contributed by atoms with Crippen molar-refractivity contribution >= 4 is 17.4 Å². The monoisotopic (exact) mass is 426 g/mol. The molecule has 0 aromatic carbocycles. The zero-order valence-electron chi connectivity index (χ0n) is 17.3. The fraction of sp³-hybridized carbons (Fsp3) is 0.273. The molecule has 3 aromatic heterocycles. The number of hydrogen-bond donors (Lipinski definition) is 1. The first-order valence-corrected chi connectivity index (χ1v) is 9.41. The minimum Gasteiger partial charge on any atom is -0.404 e. The van der Waals surface area contributed by atoms with Gasteiger partial charge in [0.2, 0.25) is 0 Å². The third kappa shape index (κ3) is 5.09. The van der Waals surface area contributed by atoms with Gasteiger partial charge < -0.3 is 10.1 Å². The quantitative estimate of drug-likeness (QED) is 0.612. The lowest BCUT2D eigenvalue weighted by atomic mass is 9.97. The molecule has 0 amide bonds. The first-order valence-electron chi connectivity index (χ1n) is 9.41. The number of allylic oxidation sites excluding steroid dienone is 1. The number of halogens is 3. The van der Waals surface area contributed by atoms with Gasteiger partial charge in [-0.15, -0.1) is 0 Å². The van der Waals surface area contributed by atoms with Crippen molar-refractivity contribution in [3.63, 3.8) is 0 Å². The van der Waals surface area contributed by atoms with E-state index in [1.165, 1.54) is 22.9 Å².